The summed E-state index contributed by atoms with van der Waals surface area (Å²) in [6.07, 6.45) is 6.57. The van der Waals surface area contributed by atoms with E-state index in [0.717, 1.165) is 42.6 Å². The van der Waals surface area contributed by atoms with Crippen LogP contribution >= 0.6 is 0 Å². The number of hydrogen-bond acceptors (Lipinski definition) is 4. The summed E-state index contributed by atoms with van der Waals surface area (Å²) in [5.74, 6) is 0.695. The fraction of sp³-hybridized carbons (Fsp3) is 0.320. The molecule has 0 radical (unpaired) electrons. The molecule has 0 bridgehead atoms. The summed E-state index contributed by atoms with van der Waals surface area (Å²) in [5, 5.41) is 3.06. The van der Waals surface area contributed by atoms with Crippen LogP contribution in [0.4, 0.5) is 11.6 Å². The zero-order valence-electron chi connectivity index (χ0n) is 17.6. The maximum absolute atomic E-state index is 12.8. The highest BCUT2D eigenvalue weighted by Gasteiger charge is 2.27. The van der Waals surface area contributed by atoms with Gasteiger partial charge in [0.2, 0.25) is 11.9 Å². The quantitative estimate of drug-likeness (QED) is 0.664. The second-order valence-corrected chi connectivity index (χ2v) is 7.96. The van der Waals surface area contributed by atoms with Crippen molar-refractivity contribution in [1.82, 2.24) is 9.97 Å². The molecule has 5 heteroatoms. The Labute approximate surface area is 178 Å². The van der Waals surface area contributed by atoms with Gasteiger partial charge in [-0.3, -0.25) is 4.79 Å². The van der Waals surface area contributed by atoms with Gasteiger partial charge in [-0.15, -0.1) is 0 Å². The van der Waals surface area contributed by atoms with E-state index in [2.05, 4.69) is 70.4 Å². The highest BCUT2D eigenvalue weighted by Crippen LogP contribution is 2.24. The Kier molecular flexibility index (Phi) is 6.07. The Morgan fingerprint density at radius 2 is 1.73 bits per heavy atom. The third kappa shape index (κ3) is 4.67. The summed E-state index contributed by atoms with van der Waals surface area (Å²) in [5.41, 5.74) is 5.46. The molecule has 1 aliphatic rings. The summed E-state index contributed by atoms with van der Waals surface area (Å²) in [6, 6.07) is 16.4. The molecule has 0 saturated carbocycles. The number of amides is 1. The average Bonchev–Trinajstić information content (AvgIpc) is 2.80. The first kappa shape index (κ1) is 20.1. The minimum atomic E-state index is -0.0648. The summed E-state index contributed by atoms with van der Waals surface area (Å²) >= 11 is 0. The summed E-state index contributed by atoms with van der Waals surface area (Å²) < 4.78 is 0. The lowest BCUT2D eigenvalue weighted by Crippen LogP contribution is -2.41. The van der Waals surface area contributed by atoms with E-state index in [4.69, 9.17) is 0 Å². The zero-order valence-corrected chi connectivity index (χ0v) is 17.6. The number of piperidine rings is 1. The molecule has 2 aromatic carbocycles. The Hall–Kier alpha value is -3.21. The van der Waals surface area contributed by atoms with Crippen LogP contribution in [-0.2, 0) is 11.2 Å². The Balaban J connectivity index is 1.40. The van der Waals surface area contributed by atoms with Crippen molar-refractivity contribution in [2.75, 3.05) is 23.3 Å². The summed E-state index contributed by atoms with van der Waals surface area (Å²) in [4.78, 5) is 24.1. The molecule has 0 aliphatic carbocycles. The van der Waals surface area contributed by atoms with E-state index in [1.807, 2.05) is 24.5 Å². The maximum Gasteiger partial charge on any atom is 0.229 e. The highest BCUT2D eigenvalue weighted by molar-refractivity contribution is 5.93. The normalized spacial score (nSPS) is 16.3. The third-order valence-corrected chi connectivity index (χ3v) is 5.73. The SMILES string of the molecule is CCc1ccc(NC(=O)[C@@H]2CCCN(c3ncc(-c4ccc(C)cc4)cn3)C2)cc1. The molecule has 5 nitrogen and oxygen atoms in total. The van der Waals surface area contributed by atoms with E-state index >= 15 is 0 Å². The molecule has 1 amide bonds. The number of nitrogens with one attached hydrogen (secondary N) is 1. The Morgan fingerprint density at radius 3 is 2.40 bits per heavy atom. The van der Waals surface area contributed by atoms with Crippen LogP contribution in [0.5, 0.6) is 0 Å². The molecule has 0 unspecified atom stereocenters. The van der Waals surface area contributed by atoms with Crippen molar-refractivity contribution in [2.24, 2.45) is 5.92 Å². The smallest absolute Gasteiger partial charge is 0.229 e. The van der Waals surface area contributed by atoms with E-state index in [1.165, 1.54) is 11.1 Å². The van der Waals surface area contributed by atoms with Crippen molar-refractivity contribution in [3.8, 4) is 11.1 Å². The first-order valence-corrected chi connectivity index (χ1v) is 10.7. The molecule has 3 aromatic rings. The average molecular weight is 401 g/mol. The fourth-order valence-electron chi connectivity index (χ4n) is 3.82. The van der Waals surface area contributed by atoms with Crippen molar-refractivity contribution < 1.29 is 4.79 Å². The third-order valence-electron chi connectivity index (χ3n) is 5.73. The lowest BCUT2D eigenvalue weighted by Gasteiger charge is -2.32. The molecule has 1 aliphatic heterocycles. The monoisotopic (exact) mass is 400 g/mol. The van der Waals surface area contributed by atoms with Crippen LogP contribution in [0.2, 0.25) is 0 Å². The van der Waals surface area contributed by atoms with E-state index in [9.17, 15) is 4.79 Å². The molecule has 1 saturated heterocycles. The molecule has 2 heterocycles. The van der Waals surface area contributed by atoms with Crippen molar-refractivity contribution in [2.45, 2.75) is 33.1 Å². The standard InChI is InChI=1S/C25H28N4O/c1-3-19-8-12-23(13-9-19)28-24(30)21-5-4-14-29(17-21)25-26-15-22(16-27-25)20-10-6-18(2)7-11-20/h6-13,15-16,21H,3-5,14,17H2,1-2H3,(H,28,30)/t21-/m1/s1. The van der Waals surface area contributed by atoms with Gasteiger partial charge in [0.05, 0.1) is 5.92 Å². The van der Waals surface area contributed by atoms with Crippen LogP contribution in [0.3, 0.4) is 0 Å². The van der Waals surface area contributed by atoms with E-state index in [0.29, 0.717) is 12.5 Å². The lowest BCUT2D eigenvalue weighted by molar-refractivity contribution is -0.120. The number of aromatic nitrogens is 2. The first-order chi connectivity index (χ1) is 14.6. The minimum absolute atomic E-state index is 0.0648. The van der Waals surface area contributed by atoms with Crippen molar-refractivity contribution in [3.05, 3.63) is 72.1 Å². The van der Waals surface area contributed by atoms with Gasteiger partial charge in [-0.2, -0.15) is 0 Å². The maximum atomic E-state index is 12.8. The molecule has 1 N–H and O–H groups in total. The highest BCUT2D eigenvalue weighted by atomic mass is 16.1. The van der Waals surface area contributed by atoms with E-state index in [1.54, 1.807) is 0 Å². The number of carbonyl (C=O) groups excluding carboxylic acids is 1. The number of hydrogen-bond donors (Lipinski definition) is 1. The largest absolute Gasteiger partial charge is 0.340 e. The van der Waals surface area contributed by atoms with Gasteiger partial charge in [0.15, 0.2) is 0 Å². The van der Waals surface area contributed by atoms with Crippen LogP contribution in [0, 0.1) is 12.8 Å². The summed E-state index contributed by atoms with van der Waals surface area (Å²) in [7, 11) is 0. The molecular formula is C25H28N4O. The number of benzene rings is 2. The number of carbonyl (C=O) groups is 1. The second-order valence-electron chi connectivity index (χ2n) is 7.96. The lowest BCUT2D eigenvalue weighted by atomic mass is 9.97. The summed E-state index contributed by atoms with van der Waals surface area (Å²) in [6.45, 7) is 5.72. The van der Waals surface area contributed by atoms with Crippen molar-refractivity contribution in [1.29, 1.82) is 0 Å². The molecular weight excluding hydrogens is 372 g/mol. The van der Waals surface area contributed by atoms with Gasteiger partial charge in [-0.1, -0.05) is 48.9 Å². The van der Waals surface area contributed by atoms with Crippen LogP contribution in [0.15, 0.2) is 60.9 Å². The van der Waals surface area contributed by atoms with Crippen LogP contribution in [0.25, 0.3) is 11.1 Å². The number of rotatable bonds is 5. The van der Waals surface area contributed by atoms with Gasteiger partial charge in [0.1, 0.15) is 0 Å². The predicted octanol–water partition coefficient (Wildman–Crippen LogP) is 4.87. The van der Waals surface area contributed by atoms with Crippen LogP contribution < -0.4 is 10.2 Å². The van der Waals surface area contributed by atoms with Gasteiger partial charge in [0, 0.05) is 36.7 Å². The molecule has 1 aromatic heterocycles. The molecule has 154 valence electrons. The topological polar surface area (TPSA) is 58.1 Å². The molecule has 0 spiro atoms. The fourth-order valence-corrected chi connectivity index (χ4v) is 3.82. The van der Waals surface area contributed by atoms with Crippen LogP contribution in [0.1, 0.15) is 30.9 Å². The number of anilines is 2. The van der Waals surface area contributed by atoms with Crippen molar-refractivity contribution >= 4 is 17.5 Å². The Morgan fingerprint density at radius 1 is 1.03 bits per heavy atom. The number of nitrogens with zero attached hydrogens (tertiary/aromatic N) is 3. The molecule has 4 rings (SSSR count). The van der Waals surface area contributed by atoms with E-state index in [-0.39, 0.29) is 11.8 Å². The molecule has 1 fully saturated rings. The zero-order chi connectivity index (χ0) is 20.9. The van der Waals surface area contributed by atoms with Gasteiger partial charge < -0.3 is 10.2 Å². The van der Waals surface area contributed by atoms with Crippen LogP contribution in [-0.4, -0.2) is 29.0 Å². The molecule has 30 heavy (non-hydrogen) atoms. The Bertz CT molecular complexity index is 981. The first-order valence-electron chi connectivity index (χ1n) is 10.7. The van der Waals surface area contributed by atoms with Gasteiger partial charge in [0.25, 0.3) is 0 Å². The van der Waals surface area contributed by atoms with Gasteiger partial charge >= 0.3 is 0 Å². The second kappa shape index (κ2) is 9.08. The van der Waals surface area contributed by atoms with E-state index < -0.39 is 0 Å². The molecule has 1 atom stereocenters. The minimum Gasteiger partial charge on any atom is -0.340 e. The van der Waals surface area contributed by atoms with Gasteiger partial charge in [-0.05, 0) is 49.4 Å². The van der Waals surface area contributed by atoms with Crippen molar-refractivity contribution in [3.63, 3.8) is 0 Å². The van der Waals surface area contributed by atoms with Gasteiger partial charge in [-0.25, -0.2) is 9.97 Å². The number of aryl methyl sites for hydroxylation is 2. The predicted molar refractivity (Wildman–Crippen MR) is 122 cm³/mol.